The Morgan fingerprint density at radius 2 is 1.69 bits per heavy atom. The summed E-state index contributed by atoms with van der Waals surface area (Å²) in [5, 5.41) is 0. The van der Waals surface area contributed by atoms with Gasteiger partial charge in [0.2, 0.25) is 11.9 Å². The molecular weight excluding hydrogens is 427 g/mol. The van der Waals surface area contributed by atoms with Crippen molar-refractivity contribution < 1.29 is 32.2 Å². The standard InChI is InChI=1S/C22H20F3N3O4/c23-22(24,25)21-26-16-8-4-5-9-17(16)28(21)14-18(29)32-19(15-6-2-1-3-7-15)20(30)27-10-12-31-13-11-27/h1-9,19H,10-14H2. The minimum atomic E-state index is -4.76. The van der Waals surface area contributed by atoms with E-state index in [1.165, 1.54) is 17.0 Å². The van der Waals surface area contributed by atoms with Crippen LogP contribution in [0.5, 0.6) is 0 Å². The number of rotatable bonds is 5. The van der Waals surface area contributed by atoms with Crippen LogP contribution in [0.3, 0.4) is 0 Å². The number of nitrogens with zero attached hydrogens (tertiary/aromatic N) is 3. The molecular formula is C22H20F3N3O4. The predicted octanol–water partition coefficient (Wildman–Crippen LogP) is 3.20. The Morgan fingerprint density at radius 1 is 1.03 bits per heavy atom. The van der Waals surface area contributed by atoms with Gasteiger partial charge in [0.25, 0.3) is 5.91 Å². The highest BCUT2D eigenvalue weighted by atomic mass is 19.4. The zero-order valence-electron chi connectivity index (χ0n) is 16.9. The number of halogens is 3. The highest BCUT2D eigenvalue weighted by molar-refractivity contribution is 5.86. The molecule has 0 saturated carbocycles. The lowest BCUT2D eigenvalue weighted by Crippen LogP contribution is -2.44. The van der Waals surface area contributed by atoms with Crippen molar-refractivity contribution in [2.24, 2.45) is 0 Å². The number of alkyl halides is 3. The van der Waals surface area contributed by atoms with E-state index in [1.54, 1.807) is 42.5 Å². The van der Waals surface area contributed by atoms with E-state index in [0.29, 0.717) is 31.9 Å². The van der Waals surface area contributed by atoms with Crippen molar-refractivity contribution in [2.75, 3.05) is 26.3 Å². The van der Waals surface area contributed by atoms with E-state index in [9.17, 15) is 22.8 Å². The van der Waals surface area contributed by atoms with Crippen molar-refractivity contribution in [1.29, 1.82) is 0 Å². The van der Waals surface area contributed by atoms with Gasteiger partial charge in [0.05, 0.1) is 24.2 Å². The van der Waals surface area contributed by atoms with Crippen molar-refractivity contribution >= 4 is 22.9 Å². The summed E-state index contributed by atoms with van der Waals surface area (Å²) < 4.78 is 52.1. The Morgan fingerprint density at radius 3 is 2.38 bits per heavy atom. The van der Waals surface area contributed by atoms with Gasteiger partial charge in [-0.05, 0) is 12.1 Å². The van der Waals surface area contributed by atoms with Gasteiger partial charge < -0.3 is 18.9 Å². The molecule has 1 amide bonds. The lowest BCUT2D eigenvalue weighted by molar-refractivity contribution is -0.164. The quantitative estimate of drug-likeness (QED) is 0.562. The Hall–Kier alpha value is -3.40. The number of hydrogen-bond donors (Lipinski definition) is 0. The molecule has 0 bridgehead atoms. The van der Waals surface area contributed by atoms with Crippen molar-refractivity contribution in [2.45, 2.75) is 18.8 Å². The second-order valence-electron chi connectivity index (χ2n) is 7.23. The normalized spacial score (nSPS) is 15.5. The average molecular weight is 447 g/mol. The molecule has 0 aliphatic carbocycles. The largest absolute Gasteiger partial charge is 0.449 e. The fourth-order valence-electron chi connectivity index (χ4n) is 3.59. The third-order valence-electron chi connectivity index (χ3n) is 5.09. The van der Waals surface area contributed by atoms with Crippen molar-refractivity contribution in [3.63, 3.8) is 0 Å². The highest BCUT2D eigenvalue weighted by Crippen LogP contribution is 2.32. The molecule has 1 aromatic heterocycles. The highest BCUT2D eigenvalue weighted by Gasteiger charge is 2.38. The van der Waals surface area contributed by atoms with E-state index >= 15 is 0 Å². The van der Waals surface area contributed by atoms with E-state index in [0.717, 1.165) is 4.57 Å². The summed E-state index contributed by atoms with van der Waals surface area (Å²) in [5.41, 5.74) is 0.688. The number of para-hydroxylation sites is 2. The van der Waals surface area contributed by atoms with Crippen LogP contribution in [0.15, 0.2) is 54.6 Å². The van der Waals surface area contributed by atoms with Gasteiger partial charge in [0, 0.05) is 18.7 Å². The van der Waals surface area contributed by atoms with Gasteiger partial charge in [-0.25, -0.2) is 4.98 Å². The number of hydrogen-bond acceptors (Lipinski definition) is 5. The first-order chi connectivity index (χ1) is 15.3. The first-order valence-corrected chi connectivity index (χ1v) is 9.98. The topological polar surface area (TPSA) is 73.7 Å². The van der Waals surface area contributed by atoms with Gasteiger partial charge in [-0.15, -0.1) is 0 Å². The molecule has 4 rings (SSSR count). The van der Waals surface area contributed by atoms with Crippen LogP contribution in [0, 0.1) is 0 Å². The van der Waals surface area contributed by atoms with Gasteiger partial charge in [-0.2, -0.15) is 13.2 Å². The van der Waals surface area contributed by atoms with Gasteiger partial charge >= 0.3 is 12.1 Å². The summed E-state index contributed by atoms with van der Waals surface area (Å²) in [6.45, 7) is 0.650. The van der Waals surface area contributed by atoms with Crippen molar-refractivity contribution in [3.8, 4) is 0 Å². The van der Waals surface area contributed by atoms with Crippen LogP contribution in [0.2, 0.25) is 0 Å². The van der Waals surface area contributed by atoms with Gasteiger partial charge in [0.15, 0.2) is 0 Å². The molecule has 32 heavy (non-hydrogen) atoms. The van der Waals surface area contributed by atoms with E-state index < -0.39 is 36.5 Å². The van der Waals surface area contributed by atoms with Crippen molar-refractivity contribution in [1.82, 2.24) is 14.5 Å². The molecule has 1 fully saturated rings. The number of esters is 1. The number of amides is 1. The number of fused-ring (bicyclic) bond motifs is 1. The Balaban J connectivity index is 1.61. The first-order valence-electron chi connectivity index (χ1n) is 9.98. The first kappa shape index (κ1) is 21.8. The van der Waals surface area contributed by atoms with E-state index in [-0.39, 0.29) is 11.0 Å². The van der Waals surface area contributed by atoms with E-state index in [1.807, 2.05) is 0 Å². The molecule has 0 N–H and O–H groups in total. The van der Waals surface area contributed by atoms with Crippen LogP contribution in [0.25, 0.3) is 11.0 Å². The lowest BCUT2D eigenvalue weighted by Gasteiger charge is -2.30. The predicted molar refractivity (Wildman–Crippen MR) is 107 cm³/mol. The maximum atomic E-state index is 13.5. The minimum absolute atomic E-state index is 0.108. The summed E-state index contributed by atoms with van der Waals surface area (Å²) in [6, 6.07) is 14.4. The molecule has 0 radical (unpaired) electrons. The van der Waals surface area contributed by atoms with Crippen LogP contribution in [-0.4, -0.2) is 52.6 Å². The molecule has 2 heterocycles. The zero-order chi connectivity index (χ0) is 22.7. The minimum Gasteiger partial charge on any atom is -0.446 e. The van der Waals surface area contributed by atoms with Gasteiger partial charge in [-0.3, -0.25) is 9.59 Å². The van der Waals surface area contributed by atoms with Crippen LogP contribution < -0.4 is 0 Å². The van der Waals surface area contributed by atoms with E-state index in [2.05, 4.69) is 4.98 Å². The molecule has 3 aromatic rings. The summed E-state index contributed by atoms with van der Waals surface area (Å²) in [5.74, 6) is -2.63. The number of morpholine rings is 1. The van der Waals surface area contributed by atoms with Crippen LogP contribution in [-0.2, 0) is 31.8 Å². The molecule has 7 nitrogen and oxygen atoms in total. The number of benzene rings is 2. The molecule has 1 atom stereocenters. The third-order valence-corrected chi connectivity index (χ3v) is 5.09. The van der Waals surface area contributed by atoms with Crippen LogP contribution in [0.1, 0.15) is 17.5 Å². The summed E-state index contributed by atoms with van der Waals surface area (Å²) in [6.07, 6.45) is -6.03. The Labute approximate surface area is 181 Å². The van der Waals surface area contributed by atoms with Crippen LogP contribution in [0.4, 0.5) is 13.2 Å². The van der Waals surface area contributed by atoms with Crippen molar-refractivity contribution in [3.05, 3.63) is 66.0 Å². The summed E-state index contributed by atoms with van der Waals surface area (Å²) in [7, 11) is 0. The second kappa shape index (κ2) is 8.99. The number of ether oxygens (including phenoxy) is 2. The smallest absolute Gasteiger partial charge is 0.446 e. The van der Waals surface area contributed by atoms with E-state index in [4.69, 9.17) is 9.47 Å². The summed E-state index contributed by atoms with van der Waals surface area (Å²) in [4.78, 5) is 31.0. The van der Waals surface area contributed by atoms with Crippen LogP contribution >= 0.6 is 0 Å². The summed E-state index contributed by atoms with van der Waals surface area (Å²) >= 11 is 0. The molecule has 0 spiro atoms. The van der Waals surface area contributed by atoms with Gasteiger partial charge in [0.1, 0.15) is 6.54 Å². The molecule has 2 aromatic carbocycles. The number of carbonyl (C=O) groups is 2. The molecule has 10 heteroatoms. The second-order valence-corrected chi connectivity index (χ2v) is 7.23. The van der Waals surface area contributed by atoms with Gasteiger partial charge in [-0.1, -0.05) is 42.5 Å². The lowest BCUT2D eigenvalue weighted by atomic mass is 10.1. The molecule has 1 unspecified atom stereocenters. The SMILES string of the molecule is O=C(Cn1c(C(F)(F)F)nc2ccccc21)OC(C(=O)N1CCOCC1)c1ccccc1. The Bertz CT molecular complexity index is 1110. The third kappa shape index (κ3) is 4.59. The molecule has 1 saturated heterocycles. The maximum absolute atomic E-state index is 13.5. The maximum Gasteiger partial charge on any atom is 0.449 e. The average Bonchev–Trinajstić information content (AvgIpc) is 3.17. The number of aromatic nitrogens is 2. The fourth-order valence-corrected chi connectivity index (χ4v) is 3.59. The fraction of sp³-hybridized carbons (Fsp3) is 0.318. The molecule has 168 valence electrons. The Kier molecular flexibility index (Phi) is 6.13. The zero-order valence-corrected chi connectivity index (χ0v) is 16.9. The molecule has 1 aliphatic heterocycles. The number of carbonyl (C=O) groups excluding carboxylic acids is 2. The molecule has 1 aliphatic rings. The number of imidazole rings is 1. The monoisotopic (exact) mass is 447 g/mol.